The van der Waals surface area contributed by atoms with Gasteiger partial charge >= 0.3 is 0 Å². The number of alkyl halides is 1. The van der Waals surface area contributed by atoms with Gasteiger partial charge < -0.3 is 10.1 Å². The maximum Gasteiger partial charge on any atom is 0.0594 e. The molecule has 0 aromatic heterocycles. The maximum absolute atomic E-state index is 6.12. The predicted molar refractivity (Wildman–Crippen MR) is 70.2 cm³/mol. The SMILES string of the molecule is CC1CCC(CCl)(NCCOC(C)C)CC1. The summed E-state index contributed by atoms with van der Waals surface area (Å²) in [7, 11) is 0. The van der Waals surface area contributed by atoms with Crippen molar-refractivity contribution in [3.05, 3.63) is 0 Å². The minimum atomic E-state index is 0.175. The highest BCUT2D eigenvalue weighted by atomic mass is 35.5. The molecule has 0 atom stereocenters. The maximum atomic E-state index is 6.12. The quantitative estimate of drug-likeness (QED) is 0.575. The smallest absolute Gasteiger partial charge is 0.0594 e. The molecule has 1 saturated carbocycles. The van der Waals surface area contributed by atoms with Gasteiger partial charge in [-0.1, -0.05) is 6.92 Å². The highest BCUT2D eigenvalue weighted by Gasteiger charge is 2.32. The van der Waals surface area contributed by atoms with Gasteiger partial charge in [0.15, 0.2) is 0 Å². The van der Waals surface area contributed by atoms with Gasteiger partial charge in [-0.15, -0.1) is 11.6 Å². The van der Waals surface area contributed by atoms with Crippen molar-refractivity contribution < 1.29 is 4.74 Å². The fraction of sp³-hybridized carbons (Fsp3) is 1.00. The van der Waals surface area contributed by atoms with E-state index in [0.29, 0.717) is 6.10 Å². The summed E-state index contributed by atoms with van der Waals surface area (Å²) in [6, 6.07) is 0. The predicted octanol–water partition coefficient (Wildman–Crippen LogP) is 3.19. The van der Waals surface area contributed by atoms with E-state index in [4.69, 9.17) is 16.3 Å². The fourth-order valence-corrected chi connectivity index (χ4v) is 2.64. The molecule has 0 spiro atoms. The van der Waals surface area contributed by atoms with Crippen LogP contribution in [0.1, 0.15) is 46.5 Å². The van der Waals surface area contributed by atoms with Gasteiger partial charge in [0.25, 0.3) is 0 Å². The largest absolute Gasteiger partial charge is 0.377 e. The molecule has 0 unspecified atom stereocenters. The minimum Gasteiger partial charge on any atom is -0.377 e. The molecule has 0 aromatic rings. The molecule has 1 rings (SSSR count). The topological polar surface area (TPSA) is 21.3 Å². The molecule has 0 radical (unpaired) electrons. The zero-order chi connectivity index (χ0) is 12.0. The van der Waals surface area contributed by atoms with Crippen molar-refractivity contribution in [3.63, 3.8) is 0 Å². The van der Waals surface area contributed by atoms with E-state index in [0.717, 1.165) is 24.9 Å². The lowest BCUT2D eigenvalue weighted by atomic mass is 9.78. The molecular formula is C13H26ClNO. The van der Waals surface area contributed by atoms with Gasteiger partial charge in [0.2, 0.25) is 0 Å². The lowest BCUT2D eigenvalue weighted by molar-refractivity contribution is 0.0732. The molecule has 1 aliphatic rings. The number of hydrogen-bond acceptors (Lipinski definition) is 2. The van der Waals surface area contributed by atoms with E-state index < -0.39 is 0 Å². The Labute approximate surface area is 105 Å². The van der Waals surface area contributed by atoms with Gasteiger partial charge in [0.1, 0.15) is 0 Å². The minimum absolute atomic E-state index is 0.175. The van der Waals surface area contributed by atoms with E-state index >= 15 is 0 Å². The number of halogens is 1. The highest BCUT2D eigenvalue weighted by molar-refractivity contribution is 6.18. The van der Waals surface area contributed by atoms with Crippen molar-refractivity contribution in [3.8, 4) is 0 Å². The molecule has 2 nitrogen and oxygen atoms in total. The van der Waals surface area contributed by atoms with Crippen LogP contribution in [0.3, 0.4) is 0 Å². The summed E-state index contributed by atoms with van der Waals surface area (Å²) < 4.78 is 5.54. The Morgan fingerprint density at radius 2 is 2.00 bits per heavy atom. The van der Waals surface area contributed by atoms with Crippen LogP contribution in [0.15, 0.2) is 0 Å². The molecule has 0 aliphatic heterocycles. The molecule has 0 bridgehead atoms. The Kier molecular flexibility index (Phi) is 6.09. The van der Waals surface area contributed by atoms with E-state index in [9.17, 15) is 0 Å². The van der Waals surface area contributed by atoms with E-state index in [1.807, 2.05) is 0 Å². The highest BCUT2D eigenvalue weighted by Crippen LogP contribution is 2.32. The second-order valence-corrected chi connectivity index (χ2v) is 5.71. The first-order chi connectivity index (χ1) is 7.58. The third-order valence-electron chi connectivity index (χ3n) is 3.54. The van der Waals surface area contributed by atoms with E-state index in [2.05, 4.69) is 26.1 Å². The van der Waals surface area contributed by atoms with Gasteiger partial charge in [0.05, 0.1) is 12.7 Å². The third kappa shape index (κ3) is 4.60. The van der Waals surface area contributed by atoms with Crippen LogP contribution < -0.4 is 5.32 Å². The van der Waals surface area contributed by atoms with Crippen molar-refractivity contribution in [1.29, 1.82) is 0 Å². The van der Waals surface area contributed by atoms with E-state index in [1.54, 1.807) is 0 Å². The van der Waals surface area contributed by atoms with Crippen LogP contribution in [0.2, 0.25) is 0 Å². The van der Waals surface area contributed by atoms with Crippen LogP contribution in [0.4, 0.5) is 0 Å². The normalized spacial score (nSPS) is 30.9. The van der Waals surface area contributed by atoms with Gasteiger partial charge in [-0.25, -0.2) is 0 Å². The molecule has 1 fully saturated rings. The van der Waals surface area contributed by atoms with Crippen LogP contribution in [0.5, 0.6) is 0 Å². The number of hydrogen-bond donors (Lipinski definition) is 1. The Morgan fingerprint density at radius 3 is 2.50 bits per heavy atom. The summed E-state index contributed by atoms with van der Waals surface area (Å²) in [6.07, 6.45) is 5.33. The van der Waals surface area contributed by atoms with Gasteiger partial charge in [-0.3, -0.25) is 0 Å². The second kappa shape index (κ2) is 6.83. The number of ether oxygens (including phenoxy) is 1. The molecule has 16 heavy (non-hydrogen) atoms. The summed E-state index contributed by atoms with van der Waals surface area (Å²) in [5.74, 6) is 1.59. The number of nitrogens with one attached hydrogen (secondary N) is 1. The van der Waals surface area contributed by atoms with Crippen molar-refractivity contribution in [2.24, 2.45) is 5.92 Å². The van der Waals surface area contributed by atoms with Crippen LogP contribution in [-0.4, -0.2) is 30.7 Å². The lowest BCUT2D eigenvalue weighted by Crippen LogP contribution is -2.50. The van der Waals surface area contributed by atoms with Gasteiger partial charge in [-0.05, 0) is 45.4 Å². The number of rotatable bonds is 6. The van der Waals surface area contributed by atoms with Crippen molar-refractivity contribution in [2.75, 3.05) is 19.0 Å². The summed E-state index contributed by atoms with van der Waals surface area (Å²) >= 11 is 6.12. The van der Waals surface area contributed by atoms with E-state index in [-0.39, 0.29) is 5.54 Å². The zero-order valence-electron chi connectivity index (χ0n) is 10.9. The van der Waals surface area contributed by atoms with Crippen molar-refractivity contribution >= 4 is 11.6 Å². The molecule has 1 aliphatic carbocycles. The van der Waals surface area contributed by atoms with Crippen molar-refractivity contribution in [2.45, 2.75) is 58.1 Å². The summed E-state index contributed by atoms with van der Waals surface area (Å²) in [4.78, 5) is 0. The van der Waals surface area contributed by atoms with Crippen LogP contribution in [-0.2, 0) is 4.74 Å². The van der Waals surface area contributed by atoms with Crippen LogP contribution >= 0.6 is 11.6 Å². The Balaban J connectivity index is 2.25. The molecule has 0 heterocycles. The molecule has 1 N–H and O–H groups in total. The molecular weight excluding hydrogens is 222 g/mol. The van der Waals surface area contributed by atoms with Gasteiger partial charge in [-0.2, -0.15) is 0 Å². The summed E-state index contributed by atoms with van der Waals surface area (Å²) in [6.45, 7) is 8.17. The Morgan fingerprint density at radius 1 is 1.38 bits per heavy atom. The Hall–Kier alpha value is 0.210. The summed E-state index contributed by atoms with van der Waals surface area (Å²) in [5.41, 5.74) is 0.175. The molecule has 3 heteroatoms. The van der Waals surface area contributed by atoms with Crippen LogP contribution in [0.25, 0.3) is 0 Å². The summed E-state index contributed by atoms with van der Waals surface area (Å²) in [5, 5.41) is 3.60. The fourth-order valence-electron chi connectivity index (χ4n) is 2.28. The average molecular weight is 248 g/mol. The monoisotopic (exact) mass is 247 g/mol. The van der Waals surface area contributed by atoms with Gasteiger partial charge in [0, 0.05) is 18.0 Å². The molecule has 0 aromatic carbocycles. The molecule has 0 saturated heterocycles. The second-order valence-electron chi connectivity index (χ2n) is 5.44. The average Bonchev–Trinajstić information content (AvgIpc) is 2.27. The first-order valence-electron chi connectivity index (χ1n) is 6.50. The first-order valence-corrected chi connectivity index (χ1v) is 7.04. The molecule has 0 amide bonds. The zero-order valence-corrected chi connectivity index (χ0v) is 11.6. The van der Waals surface area contributed by atoms with E-state index in [1.165, 1.54) is 25.7 Å². The first kappa shape index (κ1) is 14.3. The molecule has 96 valence electrons. The standard InChI is InChI=1S/C13H26ClNO/c1-11(2)16-9-8-15-13(10-14)6-4-12(3)5-7-13/h11-12,15H,4-10H2,1-3H3. The third-order valence-corrected chi connectivity index (χ3v) is 4.05. The van der Waals surface area contributed by atoms with Crippen LogP contribution in [0, 0.1) is 5.92 Å². The Bertz CT molecular complexity index is 188. The van der Waals surface area contributed by atoms with Crippen molar-refractivity contribution in [1.82, 2.24) is 5.32 Å². The lowest BCUT2D eigenvalue weighted by Gasteiger charge is -2.39.